The molecule has 2 fully saturated rings. The molecule has 0 spiro atoms. The average molecular weight is 339 g/mol. The minimum atomic E-state index is 0.180. The highest BCUT2D eigenvalue weighted by Crippen LogP contribution is 2.52. The van der Waals surface area contributed by atoms with Gasteiger partial charge in [-0.25, -0.2) is 0 Å². The second-order valence-electron chi connectivity index (χ2n) is 8.37. The van der Waals surface area contributed by atoms with E-state index in [1.807, 2.05) is 0 Å². The van der Waals surface area contributed by atoms with Crippen LogP contribution in [0.3, 0.4) is 0 Å². The molecule has 2 aliphatic rings. The zero-order valence-electron chi connectivity index (χ0n) is 16.7. The first-order valence-corrected chi connectivity index (χ1v) is 9.71. The lowest BCUT2D eigenvalue weighted by Gasteiger charge is -2.54. The minimum Gasteiger partial charge on any atom is -0.377 e. The standard InChI is InChI=1S/C19H38N4O/c1-8-20-18(21-10-11-23(13(2)3)14(4)5)22-16-15-9-12-24-17(15)19(16,6)7/h13-17H,8-12H2,1-7H3,(H2,20,21,22). The fraction of sp³-hybridized carbons (Fsp3) is 0.947. The van der Waals surface area contributed by atoms with Crippen molar-refractivity contribution in [3.8, 4) is 0 Å². The predicted molar refractivity (Wildman–Crippen MR) is 102 cm³/mol. The van der Waals surface area contributed by atoms with Crippen LogP contribution in [-0.2, 0) is 4.74 Å². The molecule has 0 bridgehead atoms. The van der Waals surface area contributed by atoms with Crippen LogP contribution >= 0.6 is 0 Å². The Morgan fingerprint density at radius 3 is 2.50 bits per heavy atom. The topological polar surface area (TPSA) is 48.9 Å². The molecule has 1 saturated carbocycles. The van der Waals surface area contributed by atoms with E-state index in [2.05, 4.69) is 64.0 Å². The average Bonchev–Trinajstić information content (AvgIpc) is 2.94. The summed E-state index contributed by atoms with van der Waals surface area (Å²) < 4.78 is 5.90. The molecule has 0 radical (unpaired) electrons. The van der Waals surface area contributed by atoms with E-state index in [1.165, 1.54) is 6.42 Å². The number of hydrogen-bond donors (Lipinski definition) is 2. The summed E-state index contributed by atoms with van der Waals surface area (Å²) in [6.07, 6.45) is 1.58. The Labute approximate surface area is 148 Å². The van der Waals surface area contributed by atoms with Gasteiger partial charge in [-0.15, -0.1) is 0 Å². The van der Waals surface area contributed by atoms with Gasteiger partial charge in [0, 0.05) is 49.2 Å². The van der Waals surface area contributed by atoms with Crippen molar-refractivity contribution >= 4 is 5.96 Å². The quantitative estimate of drug-likeness (QED) is 0.553. The van der Waals surface area contributed by atoms with Gasteiger partial charge in [0.2, 0.25) is 0 Å². The van der Waals surface area contributed by atoms with Crippen LogP contribution in [0.5, 0.6) is 0 Å². The third kappa shape index (κ3) is 4.05. The first-order valence-electron chi connectivity index (χ1n) is 9.71. The zero-order chi connectivity index (χ0) is 17.9. The lowest BCUT2D eigenvalue weighted by Crippen LogP contribution is -2.68. The highest BCUT2D eigenvalue weighted by atomic mass is 16.5. The Bertz CT molecular complexity index is 425. The molecule has 2 N–H and O–H groups in total. The predicted octanol–water partition coefficient (Wildman–Crippen LogP) is 2.47. The van der Waals surface area contributed by atoms with E-state index in [4.69, 9.17) is 9.73 Å². The van der Waals surface area contributed by atoms with Gasteiger partial charge < -0.3 is 15.4 Å². The number of nitrogens with zero attached hydrogens (tertiary/aromatic N) is 2. The van der Waals surface area contributed by atoms with Gasteiger partial charge in [0.15, 0.2) is 5.96 Å². The van der Waals surface area contributed by atoms with Gasteiger partial charge in [0.25, 0.3) is 0 Å². The van der Waals surface area contributed by atoms with E-state index in [-0.39, 0.29) is 5.41 Å². The van der Waals surface area contributed by atoms with E-state index >= 15 is 0 Å². The Balaban J connectivity index is 1.94. The van der Waals surface area contributed by atoms with Crippen LogP contribution in [0.1, 0.15) is 54.9 Å². The summed E-state index contributed by atoms with van der Waals surface area (Å²) in [7, 11) is 0. The molecular formula is C19H38N4O. The Morgan fingerprint density at radius 1 is 1.25 bits per heavy atom. The highest BCUT2D eigenvalue weighted by Gasteiger charge is 2.59. The number of nitrogens with one attached hydrogen (secondary N) is 2. The number of aliphatic imine (C=N–C) groups is 1. The lowest BCUT2D eigenvalue weighted by atomic mass is 9.57. The molecule has 0 amide bonds. The van der Waals surface area contributed by atoms with Crippen molar-refractivity contribution in [2.45, 2.75) is 79.1 Å². The smallest absolute Gasteiger partial charge is 0.191 e. The van der Waals surface area contributed by atoms with Crippen molar-refractivity contribution in [2.24, 2.45) is 16.3 Å². The van der Waals surface area contributed by atoms with Gasteiger partial charge in [0.05, 0.1) is 12.6 Å². The van der Waals surface area contributed by atoms with E-state index in [9.17, 15) is 0 Å². The summed E-state index contributed by atoms with van der Waals surface area (Å²) in [5, 5.41) is 7.10. The van der Waals surface area contributed by atoms with Gasteiger partial charge in [-0.3, -0.25) is 9.89 Å². The number of fused-ring (bicyclic) bond motifs is 1. The van der Waals surface area contributed by atoms with Crippen LogP contribution < -0.4 is 10.6 Å². The maximum Gasteiger partial charge on any atom is 0.191 e. The third-order valence-corrected chi connectivity index (χ3v) is 5.69. The molecule has 5 nitrogen and oxygen atoms in total. The van der Waals surface area contributed by atoms with Gasteiger partial charge in [-0.1, -0.05) is 13.8 Å². The van der Waals surface area contributed by atoms with Crippen molar-refractivity contribution in [3.05, 3.63) is 0 Å². The number of hydrogen-bond acceptors (Lipinski definition) is 3. The van der Waals surface area contributed by atoms with E-state index < -0.39 is 0 Å². The maximum absolute atomic E-state index is 5.90. The van der Waals surface area contributed by atoms with Crippen LogP contribution in [0, 0.1) is 11.3 Å². The first kappa shape index (κ1) is 19.5. The normalized spacial score (nSPS) is 29.1. The fourth-order valence-corrected chi connectivity index (χ4v) is 4.47. The Kier molecular flexibility index (Phi) is 6.54. The van der Waals surface area contributed by atoms with Gasteiger partial charge in [-0.05, 0) is 41.0 Å². The summed E-state index contributed by atoms with van der Waals surface area (Å²) in [6.45, 7) is 19.4. The van der Waals surface area contributed by atoms with Crippen LogP contribution in [0.25, 0.3) is 0 Å². The molecule has 1 saturated heterocycles. The molecule has 24 heavy (non-hydrogen) atoms. The molecule has 140 valence electrons. The highest BCUT2D eigenvalue weighted by molar-refractivity contribution is 5.80. The molecule has 0 aromatic rings. The van der Waals surface area contributed by atoms with E-state index in [1.54, 1.807) is 0 Å². The van der Waals surface area contributed by atoms with E-state index in [0.717, 1.165) is 32.2 Å². The van der Waals surface area contributed by atoms with Gasteiger partial charge >= 0.3 is 0 Å². The molecule has 0 aromatic carbocycles. The fourth-order valence-electron chi connectivity index (χ4n) is 4.47. The monoisotopic (exact) mass is 338 g/mol. The number of rotatable bonds is 7. The summed E-state index contributed by atoms with van der Waals surface area (Å²) in [5.74, 6) is 1.58. The molecule has 3 unspecified atom stereocenters. The van der Waals surface area contributed by atoms with Crippen molar-refractivity contribution in [3.63, 3.8) is 0 Å². The van der Waals surface area contributed by atoms with Crippen molar-refractivity contribution in [2.75, 3.05) is 26.2 Å². The zero-order valence-corrected chi connectivity index (χ0v) is 16.7. The van der Waals surface area contributed by atoms with Crippen LogP contribution in [0.2, 0.25) is 0 Å². The molecule has 2 rings (SSSR count). The Morgan fingerprint density at radius 2 is 1.92 bits per heavy atom. The van der Waals surface area contributed by atoms with Crippen molar-refractivity contribution in [1.29, 1.82) is 0 Å². The summed E-state index contributed by atoms with van der Waals surface area (Å²) in [4.78, 5) is 7.32. The maximum atomic E-state index is 5.90. The summed E-state index contributed by atoms with van der Waals surface area (Å²) in [6, 6.07) is 1.56. The second-order valence-corrected chi connectivity index (χ2v) is 8.37. The van der Waals surface area contributed by atoms with Crippen LogP contribution in [0.15, 0.2) is 4.99 Å². The summed E-state index contributed by atoms with van der Waals surface area (Å²) in [5.41, 5.74) is 0.180. The molecule has 3 atom stereocenters. The lowest BCUT2D eigenvalue weighted by molar-refractivity contribution is -0.106. The SMILES string of the molecule is CCNC(=NCCN(C(C)C)C(C)C)NC1C2CCOC2C1(C)C. The molecule has 1 aliphatic carbocycles. The van der Waals surface area contributed by atoms with Gasteiger partial charge in [-0.2, -0.15) is 0 Å². The van der Waals surface area contributed by atoms with Crippen LogP contribution in [0.4, 0.5) is 0 Å². The molecule has 1 aliphatic heterocycles. The molecule has 5 heteroatoms. The summed E-state index contributed by atoms with van der Waals surface area (Å²) >= 11 is 0. The third-order valence-electron chi connectivity index (χ3n) is 5.69. The first-order chi connectivity index (χ1) is 11.3. The second kappa shape index (κ2) is 8.05. The van der Waals surface area contributed by atoms with Gasteiger partial charge in [0.1, 0.15) is 0 Å². The van der Waals surface area contributed by atoms with Crippen LogP contribution in [-0.4, -0.2) is 61.3 Å². The van der Waals surface area contributed by atoms with Crippen molar-refractivity contribution < 1.29 is 4.74 Å². The molecular weight excluding hydrogens is 300 g/mol. The molecule has 1 heterocycles. The van der Waals surface area contributed by atoms with E-state index in [0.29, 0.717) is 30.1 Å². The Hall–Kier alpha value is -0.810. The minimum absolute atomic E-state index is 0.180. The largest absolute Gasteiger partial charge is 0.377 e. The number of ether oxygens (including phenoxy) is 1. The number of guanidine groups is 1. The van der Waals surface area contributed by atoms with Crippen molar-refractivity contribution in [1.82, 2.24) is 15.5 Å². The molecule has 0 aromatic heterocycles.